The molecule has 7 nitrogen and oxygen atoms in total. The van der Waals surface area contributed by atoms with Gasteiger partial charge in [0.05, 0.1) is 24.7 Å². The van der Waals surface area contributed by atoms with Crippen LogP contribution in [0, 0.1) is 0 Å². The lowest BCUT2D eigenvalue weighted by molar-refractivity contribution is -0.113. The minimum Gasteiger partial charge on any atom is -0.497 e. The van der Waals surface area contributed by atoms with E-state index >= 15 is 0 Å². The molecule has 0 spiro atoms. The molecule has 168 valence electrons. The van der Waals surface area contributed by atoms with Gasteiger partial charge in [-0.05, 0) is 62.4 Å². The van der Waals surface area contributed by atoms with Crippen LogP contribution in [-0.2, 0) is 10.5 Å². The van der Waals surface area contributed by atoms with Crippen LogP contribution in [0.4, 0.5) is 10.8 Å². The highest BCUT2D eigenvalue weighted by Gasteiger charge is 2.11. The minimum absolute atomic E-state index is 0.0785. The molecule has 2 aromatic carbocycles. The molecule has 0 unspecified atom stereocenters. The molecular weight excluding hydrogens is 446 g/mol. The third kappa shape index (κ3) is 7.28. The van der Waals surface area contributed by atoms with E-state index in [1.165, 1.54) is 23.1 Å². The zero-order valence-corrected chi connectivity index (χ0v) is 19.7. The second-order valence-electron chi connectivity index (χ2n) is 7.06. The topological polar surface area (TPSA) is 89.6 Å². The van der Waals surface area contributed by atoms with Gasteiger partial charge in [0.1, 0.15) is 11.5 Å². The van der Waals surface area contributed by atoms with Gasteiger partial charge in [-0.25, -0.2) is 4.98 Å². The maximum absolute atomic E-state index is 12.4. The van der Waals surface area contributed by atoms with Gasteiger partial charge >= 0.3 is 0 Å². The average Bonchev–Trinajstić information content (AvgIpc) is 3.21. The summed E-state index contributed by atoms with van der Waals surface area (Å²) in [7, 11) is 1.60. The first-order valence-corrected chi connectivity index (χ1v) is 12.0. The van der Waals surface area contributed by atoms with Crippen molar-refractivity contribution in [2.24, 2.45) is 0 Å². The van der Waals surface area contributed by atoms with E-state index in [1.807, 2.05) is 19.2 Å². The minimum atomic E-state index is -0.228. The van der Waals surface area contributed by atoms with Crippen LogP contribution in [0.5, 0.6) is 11.5 Å². The number of rotatable bonds is 10. The molecule has 0 bridgehead atoms. The Morgan fingerprint density at radius 1 is 1.03 bits per heavy atom. The van der Waals surface area contributed by atoms with Gasteiger partial charge in [0.15, 0.2) is 5.13 Å². The van der Waals surface area contributed by atoms with Gasteiger partial charge in [0, 0.05) is 22.4 Å². The van der Waals surface area contributed by atoms with Crippen molar-refractivity contribution in [3.05, 3.63) is 65.2 Å². The SMILES string of the molecule is COc1ccc(NC(=O)CSCc2csc(NC(=O)c3ccc(OC(C)C)cc3)n2)cc1. The number of aromatic nitrogens is 1. The van der Waals surface area contributed by atoms with Crippen LogP contribution in [0.25, 0.3) is 0 Å². The van der Waals surface area contributed by atoms with Gasteiger partial charge in [-0.3, -0.25) is 14.9 Å². The highest BCUT2D eigenvalue weighted by atomic mass is 32.2. The number of carbonyl (C=O) groups is 2. The molecule has 32 heavy (non-hydrogen) atoms. The number of methoxy groups -OCH3 is 1. The van der Waals surface area contributed by atoms with Gasteiger partial charge in [0.25, 0.3) is 5.91 Å². The summed E-state index contributed by atoms with van der Waals surface area (Å²) >= 11 is 2.81. The van der Waals surface area contributed by atoms with E-state index in [1.54, 1.807) is 55.6 Å². The number of nitrogens with zero attached hydrogens (tertiary/aromatic N) is 1. The first-order chi connectivity index (χ1) is 15.4. The van der Waals surface area contributed by atoms with Crippen LogP contribution in [0.15, 0.2) is 53.9 Å². The maximum Gasteiger partial charge on any atom is 0.257 e. The molecule has 0 aliphatic carbocycles. The Morgan fingerprint density at radius 3 is 2.38 bits per heavy atom. The van der Waals surface area contributed by atoms with Gasteiger partial charge in [-0.2, -0.15) is 0 Å². The van der Waals surface area contributed by atoms with Gasteiger partial charge in [0.2, 0.25) is 5.91 Å². The summed E-state index contributed by atoms with van der Waals surface area (Å²) in [6.45, 7) is 3.90. The molecule has 3 aromatic rings. The van der Waals surface area contributed by atoms with E-state index < -0.39 is 0 Å². The molecule has 0 aliphatic rings. The molecule has 3 rings (SSSR count). The number of hydrogen-bond donors (Lipinski definition) is 2. The number of amides is 2. The van der Waals surface area contributed by atoms with Crippen molar-refractivity contribution < 1.29 is 19.1 Å². The number of hydrogen-bond acceptors (Lipinski definition) is 7. The second-order valence-corrected chi connectivity index (χ2v) is 8.90. The Labute approximate surface area is 195 Å². The summed E-state index contributed by atoms with van der Waals surface area (Å²) < 4.78 is 10.7. The largest absolute Gasteiger partial charge is 0.497 e. The van der Waals surface area contributed by atoms with Crippen molar-refractivity contribution in [2.45, 2.75) is 25.7 Å². The second kappa shape index (κ2) is 11.5. The summed E-state index contributed by atoms with van der Waals surface area (Å²) in [5.41, 5.74) is 2.06. The number of thioether (sulfide) groups is 1. The van der Waals surface area contributed by atoms with Crippen LogP contribution in [0.3, 0.4) is 0 Å². The van der Waals surface area contributed by atoms with Crippen molar-refractivity contribution >= 4 is 45.7 Å². The smallest absolute Gasteiger partial charge is 0.257 e. The summed E-state index contributed by atoms with van der Waals surface area (Å²) in [4.78, 5) is 29.0. The number of benzene rings is 2. The van der Waals surface area contributed by atoms with Crippen LogP contribution in [0.1, 0.15) is 29.9 Å². The lowest BCUT2D eigenvalue weighted by Gasteiger charge is -2.09. The molecule has 1 aromatic heterocycles. The van der Waals surface area contributed by atoms with Crippen LogP contribution >= 0.6 is 23.1 Å². The monoisotopic (exact) mass is 471 g/mol. The van der Waals surface area contributed by atoms with E-state index in [0.717, 1.165) is 22.9 Å². The number of carbonyl (C=O) groups excluding carboxylic acids is 2. The van der Waals surface area contributed by atoms with Crippen molar-refractivity contribution in [1.29, 1.82) is 0 Å². The summed E-state index contributed by atoms with van der Waals surface area (Å²) in [6.07, 6.45) is 0.0785. The number of anilines is 2. The molecule has 0 atom stereocenters. The molecule has 0 saturated heterocycles. The number of thiazole rings is 1. The van der Waals surface area contributed by atoms with E-state index in [0.29, 0.717) is 22.2 Å². The van der Waals surface area contributed by atoms with Crippen molar-refractivity contribution in [2.75, 3.05) is 23.5 Å². The Bertz CT molecular complexity index is 1030. The highest BCUT2D eigenvalue weighted by molar-refractivity contribution is 7.99. The number of nitrogens with one attached hydrogen (secondary N) is 2. The van der Waals surface area contributed by atoms with Crippen LogP contribution in [0.2, 0.25) is 0 Å². The lowest BCUT2D eigenvalue weighted by Crippen LogP contribution is -2.14. The summed E-state index contributed by atoms with van der Waals surface area (Å²) in [5.74, 6) is 2.02. The Balaban J connectivity index is 1.43. The third-order valence-electron chi connectivity index (χ3n) is 4.12. The molecule has 0 radical (unpaired) electrons. The van der Waals surface area contributed by atoms with E-state index in [4.69, 9.17) is 9.47 Å². The van der Waals surface area contributed by atoms with Crippen molar-refractivity contribution in [1.82, 2.24) is 4.98 Å². The fraction of sp³-hybridized carbons (Fsp3) is 0.261. The normalized spacial score (nSPS) is 10.6. The van der Waals surface area contributed by atoms with Gasteiger partial charge < -0.3 is 14.8 Å². The average molecular weight is 472 g/mol. The van der Waals surface area contributed by atoms with Gasteiger partial charge in [-0.1, -0.05) is 0 Å². The van der Waals surface area contributed by atoms with Crippen LogP contribution < -0.4 is 20.1 Å². The van der Waals surface area contributed by atoms with E-state index in [9.17, 15) is 9.59 Å². The maximum atomic E-state index is 12.4. The molecule has 1 heterocycles. The molecular formula is C23H25N3O4S2. The predicted molar refractivity (Wildman–Crippen MR) is 130 cm³/mol. The van der Waals surface area contributed by atoms with Crippen molar-refractivity contribution in [3.63, 3.8) is 0 Å². The number of ether oxygens (including phenoxy) is 2. The molecule has 2 amide bonds. The summed E-state index contributed by atoms with van der Waals surface area (Å²) in [6, 6.07) is 14.2. The Morgan fingerprint density at radius 2 is 1.72 bits per heavy atom. The fourth-order valence-electron chi connectivity index (χ4n) is 2.68. The zero-order valence-electron chi connectivity index (χ0n) is 18.1. The van der Waals surface area contributed by atoms with E-state index in [2.05, 4.69) is 15.6 Å². The predicted octanol–water partition coefficient (Wildman–Crippen LogP) is 5.06. The standard InChI is InChI=1S/C23H25N3O4S2/c1-15(2)30-20-8-4-16(5-9-20)22(28)26-23-25-18(13-32-23)12-31-14-21(27)24-17-6-10-19(29-3)11-7-17/h4-11,13,15H,12,14H2,1-3H3,(H,24,27)(H,25,26,28). The van der Waals surface area contributed by atoms with Crippen molar-refractivity contribution in [3.8, 4) is 11.5 Å². The molecule has 9 heteroatoms. The van der Waals surface area contributed by atoms with E-state index in [-0.39, 0.29) is 17.9 Å². The first kappa shape index (κ1) is 23.6. The molecule has 0 fully saturated rings. The highest BCUT2D eigenvalue weighted by Crippen LogP contribution is 2.21. The zero-order chi connectivity index (χ0) is 22.9. The lowest BCUT2D eigenvalue weighted by atomic mass is 10.2. The Kier molecular flexibility index (Phi) is 8.52. The Hall–Kier alpha value is -3.04. The molecule has 0 saturated carbocycles. The first-order valence-electron chi connectivity index (χ1n) is 9.97. The summed E-state index contributed by atoms with van der Waals surface area (Å²) in [5, 5.41) is 8.06. The third-order valence-corrected chi connectivity index (χ3v) is 5.89. The van der Waals surface area contributed by atoms with Gasteiger partial charge in [-0.15, -0.1) is 23.1 Å². The quantitative estimate of drug-likeness (QED) is 0.429. The van der Waals surface area contributed by atoms with Crippen LogP contribution in [-0.4, -0.2) is 35.8 Å². The molecule has 2 N–H and O–H groups in total. The fourth-order valence-corrected chi connectivity index (χ4v) is 4.20. The molecule has 0 aliphatic heterocycles.